The first-order valence-electron chi connectivity index (χ1n) is 6.14. The zero-order valence-corrected chi connectivity index (χ0v) is 11.8. The van der Waals surface area contributed by atoms with Crippen molar-refractivity contribution in [3.63, 3.8) is 0 Å². The summed E-state index contributed by atoms with van der Waals surface area (Å²) in [5.74, 6) is -1.35. The lowest BCUT2D eigenvalue weighted by atomic mass is 9.82. The summed E-state index contributed by atoms with van der Waals surface area (Å²) < 4.78 is 32.1. The molecular weight excluding hydrogens is 308 g/mol. The highest BCUT2D eigenvalue weighted by molar-refractivity contribution is 7.86. The molecule has 0 radical (unpaired) electrons. The van der Waals surface area contributed by atoms with Crippen LogP contribution in [0.1, 0.15) is 42.2 Å². The van der Waals surface area contributed by atoms with E-state index in [-0.39, 0.29) is 27.8 Å². The number of rotatable bonds is 2. The van der Waals surface area contributed by atoms with Crippen LogP contribution in [-0.2, 0) is 10.1 Å². The van der Waals surface area contributed by atoms with Crippen LogP contribution in [0, 0.1) is 0 Å². The van der Waals surface area contributed by atoms with Gasteiger partial charge in [-0.2, -0.15) is 8.42 Å². The first kappa shape index (κ1) is 14.3. The summed E-state index contributed by atoms with van der Waals surface area (Å²) in [5, 5.41) is 0. The van der Waals surface area contributed by atoms with Gasteiger partial charge in [0, 0.05) is 22.3 Å². The molecule has 0 saturated carbocycles. The first-order chi connectivity index (χ1) is 10.4. The molecule has 1 N–H and O–H groups in total. The van der Waals surface area contributed by atoms with Gasteiger partial charge in [-0.3, -0.25) is 18.9 Å². The highest BCUT2D eigenvalue weighted by Crippen LogP contribution is 2.32. The minimum Gasteiger partial charge on any atom is -0.298 e. The highest BCUT2D eigenvalue weighted by atomic mass is 32.2. The van der Waals surface area contributed by atoms with Crippen LogP contribution in [-0.4, -0.2) is 30.8 Å². The molecule has 6 nitrogen and oxygen atoms in total. The van der Waals surface area contributed by atoms with Crippen molar-refractivity contribution in [2.45, 2.75) is 4.90 Å². The van der Waals surface area contributed by atoms with Gasteiger partial charge in [-0.1, -0.05) is 30.3 Å². The molecule has 22 heavy (non-hydrogen) atoms. The standard InChI is InChI=1S/C15H8O6S/c16-7-8-3-1-4-9-12(8)14(17)10-5-2-6-11(22(19,20)21)13(10)15(9)18/h1-7H,(H,19,20,21). The van der Waals surface area contributed by atoms with Gasteiger partial charge in [-0.05, 0) is 6.07 Å². The van der Waals surface area contributed by atoms with Crippen molar-refractivity contribution in [2.75, 3.05) is 0 Å². The number of carbonyl (C=O) groups is 3. The number of fused-ring (bicyclic) bond motifs is 2. The monoisotopic (exact) mass is 316 g/mol. The van der Waals surface area contributed by atoms with Gasteiger partial charge in [0.05, 0.1) is 5.56 Å². The Morgan fingerprint density at radius 2 is 1.41 bits per heavy atom. The molecular formula is C15H8O6S. The van der Waals surface area contributed by atoms with Gasteiger partial charge in [0.15, 0.2) is 17.9 Å². The number of benzene rings is 2. The normalized spacial score (nSPS) is 13.5. The molecule has 1 aliphatic rings. The minimum atomic E-state index is -4.66. The van der Waals surface area contributed by atoms with Crippen molar-refractivity contribution in [1.82, 2.24) is 0 Å². The molecule has 0 bridgehead atoms. The SMILES string of the molecule is O=Cc1cccc2c1C(=O)c1cccc(S(=O)(=O)O)c1C2=O. The van der Waals surface area contributed by atoms with Gasteiger partial charge in [-0.25, -0.2) is 0 Å². The Kier molecular flexibility index (Phi) is 3.05. The van der Waals surface area contributed by atoms with Crippen LogP contribution in [0.15, 0.2) is 41.3 Å². The lowest BCUT2D eigenvalue weighted by Gasteiger charge is -2.20. The van der Waals surface area contributed by atoms with E-state index in [1.165, 1.54) is 30.3 Å². The Balaban J connectivity index is 2.42. The molecule has 2 aromatic carbocycles. The summed E-state index contributed by atoms with van der Waals surface area (Å²) in [4.78, 5) is 35.5. The average Bonchev–Trinajstić information content (AvgIpc) is 2.50. The summed E-state index contributed by atoms with van der Waals surface area (Å²) in [5.41, 5.74) is -0.577. The molecule has 1 aliphatic carbocycles. The van der Waals surface area contributed by atoms with E-state index in [0.717, 1.165) is 6.07 Å². The number of aldehydes is 1. The summed E-state index contributed by atoms with van der Waals surface area (Å²) in [6.45, 7) is 0. The van der Waals surface area contributed by atoms with E-state index < -0.39 is 26.6 Å². The number of carbonyl (C=O) groups excluding carboxylic acids is 3. The topological polar surface area (TPSA) is 106 Å². The van der Waals surface area contributed by atoms with Gasteiger partial charge >= 0.3 is 0 Å². The third-order valence-electron chi connectivity index (χ3n) is 3.47. The zero-order valence-electron chi connectivity index (χ0n) is 10.9. The average molecular weight is 316 g/mol. The molecule has 0 aliphatic heterocycles. The second-order valence-corrected chi connectivity index (χ2v) is 6.09. The van der Waals surface area contributed by atoms with Crippen LogP contribution in [0.5, 0.6) is 0 Å². The van der Waals surface area contributed by atoms with Crippen molar-refractivity contribution in [2.24, 2.45) is 0 Å². The fourth-order valence-corrected chi connectivity index (χ4v) is 3.26. The van der Waals surface area contributed by atoms with Crippen LogP contribution < -0.4 is 0 Å². The molecule has 110 valence electrons. The van der Waals surface area contributed by atoms with Gasteiger partial charge in [0.1, 0.15) is 4.90 Å². The van der Waals surface area contributed by atoms with E-state index >= 15 is 0 Å². The number of ketones is 2. The number of hydrogen-bond donors (Lipinski definition) is 1. The van der Waals surface area contributed by atoms with Crippen LogP contribution in [0.4, 0.5) is 0 Å². The predicted octanol–water partition coefficient (Wildman–Crippen LogP) is 1.52. The highest BCUT2D eigenvalue weighted by Gasteiger charge is 2.35. The predicted molar refractivity (Wildman–Crippen MR) is 75.0 cm³/mol. The maximum Gasteiger partial charge on any atom is 0.295 e. The van der Waals surface area contributed by atoms with Crippen LogP contribution in [0.3, 0.4) is 0 Å². The molecule has 0 heterocycles. The third-order valence-corrected chi connectivity index (χ3v) is 4.37. The van der Waals surface area contributed by atoms with Crippen LogP contribution >= 0.6 is 0 Å². The third kappa shape index (κ3) is 1.91. The molecule has 0 fully saturated rings. The van der Waals surface area contributed by atoms with Crippen molar-refractivity contribution < 1.29 is 27.4 Å². The summed E-state index contributed by atoms with van der Waals surface area (Å²) in [7, 11) is -4.66. The van der Waals surface area contributed by atoms with Crippen molar-refractivity contribution in [3.05, 3.63) is 64.2 Å². The second kappa shape index (κ2) is 4.69. The fourth-order valence-electron chi connectivity index (χ4n) is 2.55. The minimum absolute atomic E-state index is 0.0533. The maximum absolute atomic E-state index is 12.5. The van der Waals surface area contributed by atoms with Crippen molar-refractivity contribution in [1.29, 1.82) is 0 Å². The molecule has 0 atom stereocenters. The maximum atomic E-state index is 12.5. The lowest BCUT2D eigenvalue weighted by Crippen LogP contribution is -2.25. The second-order valence-electron chi connectivity index (χ2n) is 4.70. The quantitative estimate of drug-likeness (QED) is 0.567. The lowest BCUT2D eigenvalue weighted by molar-refractivity contribution is 0.0973. The van der Waals surface area contributed by atoms with Crippen LogP contribution in [0.2, 0.25) is 0 Å². The Morgan fingerprint density at radius 3 is 2.00 bits per heavy atom. The van der Waals surface area contributed by atoms with E-state index in [0.29, 0.717) is 6.29 Å². The van der Waals surface area contributed by atoms with Gasteiger partial charge in [-0.15, -0.1) is 0 Å². The molecule has 0 aromatic heterocycles. The van der Waals surface area contributed by atoms with E-state index in [9.17, 15) is 27.4 Å². The van der Waals surface area contributed by atoms with E-state index in [1.807, 2.05) is 0 Å². The van der Waals surface area contributed by atoms with Gasteiger partial charge in [0.2, 0.25) is 0 Å². The number of hydrogen-bond acceptors (Lipinski definition) is 5. The fraction of sp³-hybridized carbons (Fsp3) is 0. The smallest absolute Gasteiger partial charge is 0.295 e. The first-order valence-corrected chi connectivity index (χ1v) is 7.58. The van der Waals surface area contributed by atoms with E-state index in [2.05, 4.69) is 0 Å². The molecule has 2 aromatic rings. The van der Waals surface area contributed by atoms with Crippen LogP contribution in [0.25, 0.3) is 0 Å². The Hall–Kier alpha value is -2.64. The molecule has 0 spiro atoms. The molecule has 0 saturated heterocycles. The zero-order chi connectivity index (χ0) is 16.1. The summed E-state index contributed by atoms with van der Waals surface area (Å²) >= 11 is 0. The van der Waals surface area contributed by atoms with Gasteiger partial charge < -0.3 is 0 Å². The molecule has 0 amide bonds. The molecule has 0 unspecified atom stereocenters. The Morgan fingerprint density at radius 1 is 0.864 bits per heavy atom. The largest absolute Gasteiger partial charge is 0.298 e. The molecule has 7 heteroatoms. The summed E-state index contributed by atoms with van der Waals surface area (Å²) in [6, 6.07) is 7.75. The van der Waals surface area contributed by atoms with E-state index in [1.54, 1.807) is 0 Å². The Labute approximate surface area is 125 Å². The van der Waals surface area contributed by atoms with Crippen molar-refractivity contribution in [3.8, 4) is 0 Å². The van der Waals surface area contributed by atoms with Crippen molar-refractivity contribution >= 4 is 28.0 Å². The molecule has 3 rings (SSSR count). The van der Waals surface area contributed by atoms with E-state index in [4.69, 9.17) is 0 Å². The summed E-state index contributed by atoms with van der Waals surface area (Å²) in [6.07, 6.45) is 0.460. The van der Waals surface area contributed by atoms with Gasteiger partial charge in [0.25, 0.3) is 10.1 Å². The Bertz CT molecular complexity index is 956.